The van der Waals surface area contributed by atoms with Crippen molar-refractivity contribution in [2.45, 2.75) is 91.9 Å². The third-order valence-corrected chi connectivity index (χ3v) is 29.4. The number of allylic oxidation sites excluding steroid dienone is 16. The standard InChI is InChI=1S/2C10H10F2NO.2C9H8F2NO.4C5H5.2Ti/c2*1-2-3-10(14)13-9-5-4-7(11)6-8(9)12;2*1-2-9(13)12-8-4-3-6(10)5-7(8)11;4*1-2-4-5-3-1;;/h2*4-5H,2-3H2,1H3,(H,13,14);2*3-4H,2H2,1H3,(H,12,13);4*1-3H,4H2;;. The van der Waals surface area contributed by atoms with Crippen molar-refractivity contribution in [1.82, 2.24) is 0 Å². The molecular formula is C58H56F8N4O4Ti2. The number of carbonyl (C=O) groups excluding carboxylic acids is 4. The predicted molar refractivity (Wildman–Crippen MR) is 276 cm³/mol. The van der Waals surface area contributed by atoms with Gasteiger partial charge in [-0.3, -0.25) is 0 Å². The van der Waals surface area contributed by atoms with Crippen LogP contribution in [-0.4, -0.2) is 23.6 Å². The summed E-state index contributed by atoms with van der Waals surface area (Å²) in [5, 5.41) is 9.88. The van der Waals surface area contributed by atoms with Crippen LogP contribution in [0.4, 0.5) is 57.9 Å². The summed E-state index contributed by atoms with van der Waals surface area (Å²) in [7, 11) is 0. The van der Waals surface area contributed by atoms with Crippen molar-refractivity contribution in [2.75, 3.05) is 21.3 Å². The van der Waals surface area contributed by atoms with Gasteiger partial charge in [-0.15, -0.1) is 0 Å². The first kappa shape index (κ1) is 57.3. The van der Waals surface area contributed by atoms with Crippen LogP contribution in [0.3, 0.4) is 0 Å². The van der Waals surface area contributed by atoms with Crippen LogP contribution in [0.15, 0.2) is 137 Å². The summed E-state index contributed by atoms with van der Waals surface area (Å²) in [5.41, 5.74) is -1.00. The van der Waals surface area contributed by atoms with E-state index in [-0.39, 0.29) is 74.1 Å². The van der Waals surface area contributed by atoms with Crippen molar-refractivity contribution >= 4 is 61.9 Å². The van der Waals surface area contributed by atoms with Gasteiger partial charge < -0.3 is 0 Å². The summed E-state index contributed by atoms with van der Waals surface area (Å²) in [6, 6.07) is 8.60. The molecule has 8 rings (SSSR count). The van der Waals surface area contributed by atoms with Crippen LogP contribution in [0.5, 0.6) is 0 Å². The van der Waals surface area contributed by atoms with Gasteiger partial charge in [0.25, 0.3) is 0 Å². The fraction of sp³-hybridized carbons (Fsp3) is 0.241. The maximum atomic E-state index is 16.5. The van der Waals surface area contributed by atoms with Crippen LogP contribution >= 0.6 is 0 Å². The van der Waals surface area contributed by atoms with Gasteiger partial charge in [-0.2, -0.15) is 0 Å². The molecule has 4 N–H and O–H groups in total. The van der Waals surface area contributed by atoms with E-state index in [2.05, 4.69) is 21.3 Å². The van der Waals surface area contributed by atoms with E-state index in [9.17, 15) is 19.2 Å². The van der Waals surface area contributed by atoms with Gasteiger partial charge in [0, 0.05) is 0 Å². The average molecular weight is 1120 g/mol. The summed E-state index contributed by atoms with van der Waals surface area (Å²) in [4.78, 5) is 48.9. The van der Waals surface area contributed by atoms with E-state index < -0.39 is 119 Å². The molecule has 0 aliphatic heterocycles. The third kappa shape index (κ3) is 11.2. The van der Waals surface area contributed by atoms with Crippen LogP contribution in [0.25, 0.3) is 0 Å². The van der Waals surface area contributed by atoms with Crippen LogP contribution in [0.2, 0.25) is 0 Å². The summed E-state index contributed by atoms with van der Waals surface area (Å²) < 4.78 is 130. The van der Waals surface area contributed by atoms with Crippen LogP contribution in [0, 0.1) is 46.5 Å². The van der Waals surface area contributed by atoms with Gasteiger partial charge >= 0.3 is 446 Å². The van der Waals surface area contributed by atoms with Gasteiger partial charge in [-0.05, 0) is 0 Å². The zero-order chi connectivity index (χ0) is 54.9. The first-order valence-electron chi connectivity index (χ1n) is 25.1. The number of anilines is 4. The molecule has 0 fully saturated rings. The molecular weight excluding hydrogens is 1060 g/mol. The normalized spacial score (nSPS) is 14.5. The van der Waals surface area contributed by atoms with E-state index in [1.807, 2.05) is 0 Å². The third-order valence-electron chi connectivity index (χ3n) is 13.6. The van der Waals surface area contributed by atoms with Gasteiger partial charge in [0.05, 0.1) is 0 Å². The number of rotatable bonds is 18. The molecule has 0 saturated heterocycles. The monoisotopic (exact) mass is 1120 g/mol. The molecule has 0 spiro atoms. The number of amides is 4. The van der Waals surface area contributed by atoms with E-state index in [1.54, 1.807) is 101 Å². The molecule has 4 aliphatic rings. The molecule has 0 atom stereocenters. The Hall–Kier alpha value is -6.45. The molecule has 76 heavy (non-hydrogen) atoms. The SMILES string of the molecule is CCC(=O)Nc1ccc(F)[c]([Ti]([C]2=CC=CC2)([C]2=CC=CC2)[c]2c(F)ccc(NC(=O)CC)c2F)c1F.CCCC(=O)Nc1ccc(F)[c]([Ti]([C]2=CC=CC2)([C]2=CC=CC2)[c]2c(F)ccc(NC(=O)CCC)c2F)c1F. The Kier molecular flexibility index (Phi) is 18.9. The van der Waals surface area contributed by atoms with Gasteiger partial charge in [0.15, 0.2) is 0 Å². The second kappa shape index (κ2) is 25.1. The quantitative estimate of drug-likeness (QED) is 0.0587. The predicted octanol–water partition coefficient (Wildman–Crippen LogP) is 12.2. The van der Waals surface area contributed by atoms with E-state index in [0.717, 1.165) is 48.5 Å². The number of halogens is 8. The van der Waals surface area contributed by atoms with Crippen molar-refractivity contribution in [3.05, 3.63) is 183 Å². The molecule has 0 radical (unpaired) electrons. The van der Waals surface area contributed by atoms with Gasteiger partial charge in [0.2, 0.25) is 0 Å². The summed E-state index contributed by atoms with van der Waals surface area (Å²) in [6.45, 7) is 6.77. The van der Waals surface area contributed by atoms with Crippen LogP contribution in [0.1, 0.15) is 91.9 Å². The number of nitrogens with one attached hydrogen (secondary N) is 4. The Balaban J connectivity index is 0.000000221. The van der Waals surface area contributed by atoms with Crippen LogP contribution in [-0.2, 0) is 52.4 Å². The van der Waals surface area contributed by atoms with E-state index in [1.165, 1.54) is 0 Å². The van der Waals surface area contributed by atoms with Gasteiger partial charge in [-0.25, -0.2) is 0 Å². The molecule has 0 saturated carbocycles. The minimum atomic E-state index is -5.04. The van der Waals surface area contributed by atoms with Crippen molar-refractivity contribution in [1.29, 1.82) is 0 Å². The fourth-order valence-corrected chi connectivity index (χ4v) is 26.7. The Morgan fingerprint density at radius 2 is 0.618 bits per heavy atom. The van der Waals surface area contributed by atoms with E-state index in [4.69, 9.17) is 0 Å². The summed E-state index contributed by atoms with van der Waals surface area (Å²) in [5.74, 6) is -9.85. The zero-order valence-electron chi connectivity index (χ0n) is 42.3. The van der Waals surface area contributed by atoms with Crippen molar-refractivity contribution in [3.63, 3.8) is 0 Å². The zero-order valence-corrected chi connectivity index (χ0v) is 45.4. The van der Waals surface area contributed by atoms with Crippen LogP contribution < -0.4 is 36.7 Å². The summed E-state index contributed by atoms with van der Waals surface area (Å²) in [6.07, 6.45) is 23.1. The Labute approximate surface area is 443 Å². The molecule has 8 nitrogen and oxygen atoms in total. The van der Waals surface area contributed by atoms with Crippen molar-refractivity contribution in [3.8, 4) is 0 Å². The van der Waals surface area contributed by atoms with E-state index in [0.29, 0.717) is 28.4 Å². The molecule has 4 aliphatic carbocycles. The fourth-order valence-electron chi connectivity index (χ4n) is 10.2. The molecule has 4 aromatic rings. The number of carbonyl (C=O) groups is 4. The van der Waals surface area contributed by atoms with Gasteiger partial charge in [0.1, 0.15) is 0 Å². The maximum absolute atomic E-state index is 16.5. The molecule has 4 aromatic carbocycles. The average Bonchev–Trinajstić information content (AvgIpc) is 4.27. The van der Waals surface area contributed by atoms with Crippen molar-refractivity contribution < 1.29 is 87.5 Å². The Morgan fingerprint density at radius 3 is 0.816 bits per heavy atom. The second-order valence-electron chi connectivity index (χ2n) is 18.3. The molecule has 4 amide bonds. The first-order valence-corrected chi connectivity index (χ1v) is 31.3. The molecule has 0 bridgehead atoms. The summed E-state index contributed by atoms with van der Waals surface area (Å²) >= 11 is -10.1. The molecule has 396 valence electrons. The van der Waals surface area contributed by atoms with Crippen molar-refractivity contribution in [2.24, 2.45) is 0 Å². The molecule has 0 unspecified atom stereocenters. The first-order chi connectivity index (χ1) is 36.5. The molecule has 0 aromatic heterocycles. The van der Waals surface area contributed by atoms with E-state index >= 15 is 35.1 Å². The second-order valence-corrected chi connectivity index (χ2v) is 30.2. The Morgan fingerprint density at radius 1 is 0.382 bits per heavy atom. The Bertz CT molecular complexity index is 3040. The number of hydrogen-bond acceptors (Lipinski definition) is 4. The molecule has 18 heteroatoms. The van der Waals surface area contributed by atoms with Gasteiger partial charge in [-0.1, -0.05) is 0 Å². The molecule has 0 heterocycles. The minimum absolute atomic E-state index is 0.0608. The number of hydrogen-bond donors (Lipinski definition) is 4. The number of benzene rings is 4. The topological polar surface area (TPSA) is 116 Å².